The molecule has 0 aliphatic heterocycles. The molecule has 0 spiro atoms. The average Bonchev–Trinajstić information content (AvgIpc) is 2.06. The van der Waals surface area contributed by atoms with Crippen molar-refractivity contribution in [2.75, 3.05) is 0 Å². The van der Waals surface area contributed by atoms with Gasteiger partial charge in [-0.3, -0.25) is 0 Å². The lowest BCUT2D eigenvalue weighted by Gasteiger charge is -2.18. The van der Waals surface area contributed by atoms with E-state index in [0.717, 1.165) is 0 Å². The molecule has 70 valence electrons. The number of hydrogen-bond acceptors (Lipinski definition) is 2. The first kappa shape index (κ1) is 11.6. The summed E-state index contributed by atoms with van der Waals surface area (Å²) >= 11 is 0. The van der Waals surface area contributed by atoms with Crippen molar-refractivity contribution in [3.8, 4) is 0 Å². The van der Waals surface area contributed by atoms with Gasteiger partial charge in [0, 0.05) is 0 Å². The Balaban J connectivity index is 0.000000424. The van der Waals surface area contributed by atoms with E-state index in [1.54, 1.807) is 0 Å². The monoisotopic (exact) mass is 178 g/mol. The smallest absolute Gasteiger partial charge is 0.186 e. The van der Waals surface area contributed by atoms with Gasteiger partial charge in [-0.25, -0.2) is 0 Å². The lowest BCUT2D eigenvalue weighted by molar-refractivity contribution is -0.191. The number of hydrogen-bond donors (Lipinski definition) is 0. The lowest BCUT2D eigenvalue weighted by Crippen LogP contribution is -2.10. The van der Waals surface area contributed by atoms with Crippen LogP contribution in [-0.4, -0.2) is 6.15 Å². The van der Waals surface area contributed by atoms with E-state index in [1.807, 2.05) is 0 Å². The summed E-state index contributed by atoms with van der Waals surface area (Å²) in [6, 6.07) is 10.6. The minimum absolute atomic E-state index is 0.250. The van der Waals surface area contributed by atoms with E-state index in [1.165, 1.54) is 5.56 Å². The van der Waals surface area contributed by atoms with Crippen LogP contribution in [0.2, 0.25) is 0 Å². The van der Waals surface area contributed by atoms with Gasteiger partial charge in [-0.2, -0.15) is 9.59 Å². The summed E-state index contributed by atoms with van der Waals surface area (Å²) < 4.78 is 0. The van der Waals surface area contributed by atoms with Crippen LogP contribution in [0, 0.1) is 0 Å². The second-order valence-corrected chi connectivity index (χ2v) is 3.70. The maximum absolute atomic E-state index is 8.12. The molecule has 0 fully saturated rings. The standard InChI is InChI=1S/C10H14.CO2/c1-10(2,3)9-7-5-4-6-8-9;2-1-3/h4-8H,1-3H3;. The Morgan fingerprint density at radius 1 is 1.00 bits per heavy atom. The molecule has 0 saturated heterocycles. The van der Waals surface area contributed by atoms with Crippen LogP contribution >= 0.6 is 0 Å². The first-order chi connectivity index (χ1) is 6.02. The molecule has 0 N–H and O–H groups in total. The van der Waals surface area contributed by atoms with E-state index in [-0.39, 0.29) is 6.15 Å². The van der Waals surface area contributed by atoms with Crippen LogP contribution in [0.3, 0.4) is 0 Å². The molecular weight excluding hydrogens is 164 g/mol. The molecule has 0 aliphatic carbocycles. The van der Waals surface area contributed by atoms with E-state index in [9.17, 15) is 0 Å². The molecule has 0 aromatic heterocycles. The van der Waals surface area contributed by atoms with Crippen molar-refractivity contribution in [2.24, 2.45) is 0 Å². The van der Waals surface area contributed by atoms with Crippen LogP contribution in [0.1, 0.15) is 26.3 Å². The fraction of sp³-hybridized carbons (Fsp3) is 0.364. The van der Waals surface area contributed by atoms with Crippen molar-refractivity contribution in [2.45, 2.75) is 26.2 Å². The molecule has 0 atom stereocenters. The van der Waals surface area contributed by atoms with Crippen LogP contribution in [0.5, 0.6) is 0 Å². The number of carbonyl (C=O) groups excluding carboxylic acids is 2. The van der Waals surface area contributed by atoms with Crippen molar-refractivity contribution in [3.63, 3.8) is 0 Å². The van der Waals surface area contributed by atoms with Gasteiger partial charge in [0.25, 0.3) is 0 Å². The van der Waals surface area contributed by atoms with E-state index in [4.69, 9.17) is 9.59 Å². The molecule has 2 nitrogen and oxygen atoms in total. The molecule has 0 aliphatic rings. The zero-order valence-electron chi connectivity index (χ0n) is 8.20. The van der Waals surface area contributed by atoms with Crippen molar-refractivity contribution in [3.05, 3.63) is 35.9 Å². The molecule has 0 radical (unpaired) electrons. The van der Waals surface area contributed by atoms with Crippen LogP contribution in [0.25, 0.3) is 0 Å². The summed E-state index contributed by atoms with van der Waals surface area (Å²) in [6.07, 6.45) is 0.250. The Hall–Kier alpha value is -1.40. The SMILES string of the molecule is CC(C)(C)c1ccccc1.O=C=O. The Morgan fingerprint density at radius 3 is 1.62 bits per heavy atom. The molecule has 0 bridgehead atoms. The fourth-order valence-electron chi connectivity index (χ4n) is 0.938. The van der Waals surface area contributed by atoms with Crippen LogP contribution in [-0.2, 0) is 15.0 Å². The molecule has 2 heteroatoms. The molecule has 1 aromatic rings. The predicted molar refractivity (Wildman–Crippen MR) is 50.1 cm³/mol. The maximum atomic E-state index is 8.12. The Morgan fingerprint density at radius 2 is 1.38 bits per heavy atom. The summed E-state index contributed by atoms with van der Waals surface area (Å²) in [7, 11) is 0. The minimum atomic E-state index is 0.250. The minimum Gasteiger partial charge on any atom is -0.186 e. The normalized spacial score (nSPS) is 9.46. The highest BCUT2D eigenvalue weighted by Gasteiger charge is 2.11. The van der Waals surface area contributed by atoms with Crippen molar-refractivity contribution in [1.82, 2.24) is 0 Å². The van der Waals surface area contributed by atoms with Crippen molar-refractivity contribution in [1.29, 1.82) is 0 Å². The van der Waals surface area contributed by atoms with E-state index < -0.39 is 0 Å². The predicted octanol–water partition coefficient (Wildman–Crippen LogP) is 2.40. The third-order valence-electron chi connectivity index (χ3n) is 1.64. The topological polar surface area (TPSA) is 34.1 Å². The third kappa shape index (κ3) is 4.94. The Kier molecular flexibility index (Phi) is 4.71. The molecule has 13 heavy (non-hydrogen) atoms. The molecular formula is C11H14O2. The summed E-state index contributed by atoms with van der Waals surface area (Å²) in [5.74, 6) is 0. The summed E-state index contributed by atoms with van der Waals surface area (Å²) in [6.45, 7) is 6.67. The van der Waals surface area contributed by atoms with Crippen molar-refractivity contribution >= 4 is 6.15 Å². The lowest BCUT2D eigenvalue weighted by atomic mass is 9.87. The van der Waals surface area contributed by atoms with Gasteiger partial charge < -0.3 is 0 Å². The summed E-state index contributed by atoms with van der Waals surface area (Å²) in [4.78, 5) is 16.2. The van der Waals surface area contributed by atoms with E-state index in [0.29, 0.717) is 5.41 Å². The van der Waals surface area contributed by atoms with Gasteiger partial charge in [-0.05, 0) is 11.0 Å². The second-order valence-electron chi connectivity index (χ2n) is 3.70. The first-order valence-electron chi connectivity index (χ1n) is 4.07. The molecule has 1 aromatic carbocycles. The second kappa shape index (κ2) is 5.28. The Labute approximate surface area is 78.6 Å². The van der Waals surface area contributed by atoms with Gasteiger partial charge in [0.05, 0.1) is 0 Å². The largest absolute Gasteiger partial charge is 0.373 e. The van der Waals surface area contributed by atoms with Gasteiger partial charge in [0.2, 0.25) is 0 Å². The molecule has 0 heterocycles. The molecule has 0 amide bonds. The van der Waals surface area contributed by atoms with Crippen molar-refractivity contribution < 1.29 is 9.59 Å². The van der Waals surface area contributed by atoms with Gasteiger partial charge in [0.15, 0.2) is 0 Å². The highest BCUT2D eigenvalue weighted by atomic mass is 16.2. The fourth-order valence-corrected chi connectivity index (χ4v) is 0.938. The van der Waals surface area contributed by atoms with Gasteiger partial charge in [0.1, 0.15) is 0 Å². The average molecular weight is 178 g/mol. The highest BCUT2D eigenvalue weighted by Crippen LogP contribution is 2.20. The van der Waals surface area contributed by atoms with Crippen LogP contribution in [0.15, 0.2) is 30.3 Å². The summed E-state index contributed by atoms with van der Waals surface area (Å²) in [5, 5.41) is 0. The van der Waals surface area contributed by atoms with E-state index in [2.05, 4.69) is 51.1 Å². The first-order valence-corrected chi connectivity index (χ1v) is 4.07. The maximum Gasteiger partial charge on any atom is 0.373 e. The quantitative estimate of drug-likeness (QED) is 0.611. The van der Waals surface area contributed by atoms with Gasteiger partial charge >= 0.3 is 6.15 Å². The molecule has 0 saturated carbocycles. The third-order valence-corrected chi connectivity index (χ3v) is 1.64. The molecule has 1 rings (SSSR count). The zero-order chi connectivity index (χ0) is 10.3. The van der Waals surface area contributed by atoms with Crippen LogP contribution < -0.4 is 0 Å². The summed E-state index contributed by atoms with van der Waals surface area (Å²) in [5.41, 5.74) is 1.69. The van der Waals surface area contributed by atoms with Gasteiger partial charge in [-0.1, -0.05) is 51.1 Å². The Bertz CT molecular complexity index is 264. The number of benzene rings is 1. The van der Waals surface area contributed by atoms with E-state index >= 15 is 0 Å². The van der Waals surface area contributed by atoms with Gasteiger partial charge in [-0.15, -0.1) is 0 Å². The zero-order valence-corrected chi connectivity index (χ0v) is 8.20. The molecule has 0 unspecified atom stereocenters. The number of rotatable bonds is 0. The highest BCUT2D eigenvalue weighted by molar-refractivity contribution is 5.22. The van der Waals surface area contributed by atoms with Crippen LogP contribution in [0.4, 0.5) is 0 Å².